The van der Waals surface area contributed by atoms with E-state index in [1.165, 1.54) is 0 Å². The van der Waals surface area contributed by atoms with Crippen LogP contribution >= 0.6 is 0 Å². The van der Waals surface area contributed by atoms with E-state index in [0.717, 1.165) is 5.56 Å². The van der Waals surface area contributed by atoms with Gasteiger partial charge in [-0.3, -0.25) is 0 Å². The van der Waals surface area contributed by atoms with Gasteiger partial charge in [0.2, 0.25) is 0 Å². The summed E-state index contributed by atoms with van der Waals surface area (Å²) in [4.78, 5) is 18.7. The van der Waals surface area contributed by atoms with Crippen molar-refractivity contribution in [2.45, 2.75) is 32.1 Å². The summed E-state index contributed by atoms with van der Waals surface area (Å²) in [5.74, 6) is 0.0151. The predicted molar refractivity (Wildman–Crippen MR) is 79.6 cm³/mol. The monoisotopic (exact) mass is 354 g/mol. The molecule has 0 saturated heterocycles. The number of nitrogens with zero attached hydrogens (tertiary/aromatic N) is 1. The minimum atomic E-state index is -1.95. The van der Waals surface area contributed by atoms with Gasteiger partial charge in [0.15, 0.2) is 0 Å². The Hall–Kier alpha value is -0.841. The summed E-state index contributed by atoms with van der Waals surface area (Å²) in [5, 5.41) is 3.98. The Balaban J connectivity index is 2.40. The molecule has 0 aromatic heterocycles. The Morgan fingerprint density at radius 3 is 2.50 bits per heavy atom. The van der Waals surface area contributed by atoms with Gasteiger partial charge in [0.05, 0.1) is 0 Å². The molecule has 98 valence electrons. The van der Waals surface area contributed by atoms with Crippen LogP contribution in [0.4, 0.5) is 0 Å². The molecule has 18 heavy (non-hydrogen) atoms. The summed E-state index contributed by atoms with van der Waals surface area (Å²) in [6.45, 7) is 2.18. The third-order valence-corrected chi connectivity index (χ3v) is 12.2. The van der Waals surface area contributed by atoms with Gasteiger partial charge in [0.1, 0.15) is 0 Å². The second-order valence-corrected chi connectivity index (χ2v) is 22.0. The zero-order valence-corrected chi connectivity index (χ0v) is 14.5. The Morgan fingerprint density at radius 2 is 1.94 bits per heavy atom. The number of hydrazone groups is 1. The summed E-state index contributed by atoms with van der Waals surface area (Å²) in [5.41, 5.74) is 3.59. The molecule has 0 heterocycles. The number of benzene rings is 1. The molecule has 1 rings (SSSR count). The van der Waals surface area contributed by atoms with Crippen LogP contribution in [-0.4, -0.2) is 30.5 Å². The van der Waals surface area contributed by atoms with Crippen molar-refractivity contribution in [2.24, 2.45) is 5.10 Å². The minimum absolute atomic E-state index is 0.0151. The van der Waals surface area contributed by atoms with Crippen molar-refractivity contribution >= 4 is 30.5 Å². The third-order valence-electron chi connectivity index (χ3n) is 3.17. The Morgan fingerprint density at radius 1 is 1.33 bits per heavy atom. The predicted octanol–water partition coefficient (Wildman–Crippen LogP) is 3.26. The van der Waals surface area contributed by atoms with E-state index in [1.54, 1.807) is 6.21 Å². The molecule has 0 saturated carbocycles. The molecule has 0 fully saturated rings. The summed E-state index contributed by atoms with van der Waals surface area (Å²) >= 11 is -1.95. The number of rotatable bonds is 5. The number of hydrogen-bond acceptors (Lipinski definition) is 2. The van der Waals surface area contributed by atoms with E-state index in [0.29, 0.717) is 10.4 Å². The molecule has 1 aromatic rings. The van der Waals surface area contributed by atoms with Gasteiger partial charge in [-0.05, 0) is 0 Å². The van der Waals surface area contributed by atoms with Crippen molar-refractivity contribution < 1.29 is 4.79 Å². The fraction of sp³-hybridized carbons (Fsp3) is 0.429. The third kappa shape index (κ3) is 5.67. The number of amides is 1. The van der Waals surface area contributed by atoms with E-state index in [2.05, 4.69) is 32.3 Å². The molecule has 1 amide bonds. The van der Waals surface area contributed by atoms with E-state index in [4.69, 9.17) is 0 Å². The van der Waals surface area contributed by atoms with E-state index < -0.39 is 18.4 Å². The molecular formula is C14H22N2OSn. The molecule has 4 heteroatoms. The van der Waals surface area contributed by atoms with Crippen molar-refractivity contribution in [3.8, 4) is 0 Å². The average Bonchev–Trinajstić information content (AvgIpc) is 2.29. The van der Waals surface area contributed by atoms with Gasteiger partial charge in [0, 0.05) is 0 Å². The fourth-order valence-corrected chi connectivity index (χ4v) is 3.62. The van der Waals surface area contributed by atoms with Crippen molar-refractivity contribution in [3.05, 3.63) is 35.9 Å². The summed E-state index contributed by atoms with van der Waals surface area (Å²) < 4.78 is 0.534. The Bertz CT molecular complexity index is 410. The van der Waals surface area contributed by atoms with Crippen LogP contribution < -0.4 is 5.43 Å². The quantitative estimate of drug-likeness (QED) is 0.493. The molecule has 0 aliphatic carbocycles. The first kappa shape index (κ1) is 15.2. The van der Waals surface area contributed by atoms with Crippen molar-refractivity contribution in [2.75, 3.05) is 0 Å². The molecular weight excluding hydrogens is 331 g/mol. The van der Waals surface area contributed by atoms with Crippen molar-refractivity contribution in [1.82, 2.24) is 5.43 Å². The average molecular weight is 353 g/mol. The molecule has 1 N–H and O–H groups in total. The number of carbonyl (C=O) groups is 1. The number of carbonyl (C=O) groups excluding carboxylic acids is 1. The first-order valence-electron chi connectivity index (χ1n) is 6.26. The van der Waals surface area contributed by atoms with Crippen LogP contribution in [-0.2, 0) is 4.79 Å². The zero-order valence-electron chi connectivity index (χ0n) is 11.6. The van der Waals surface area contributed by atoms with Gasteiger partial charge < -0.3 is 0 Å². The Kier molecular flexibility index (Phi) is 5.85. The summed E-state index contributed by atoms with van der Waals surface area (Å²) in [7, 11) is 0. The molecule has 1 aromatic carbocycles. The van der Waals surface area contributed by atoms with Crippen LogP contribution in [0.15, 0.2) is 35.4 Å². The fourth-order valence-electron chi connectivity index (χ4n) is 1.35. The van der Waals surface area contributed by atoms with Gasteiger partial charge in [0.25, 0.3) is 0 Å². The van der Waals surface area contributed by atoms with Crippen molar-refractivity contribution in [3.63, 3.8) is 0 Å². The van der Waals surface area contributed by atoms with Crippen LogP contribution in [0.1, 0.15) is 18.9 Å². The molecule has 1 unspecified atom stereocenters. The Labute approximate surface area is 114 Å². The standard InChI is InChI=1S/C11H13N2O.3CH3.Sn/c1-2-6-11(14)13-12-9-10-7-4-3-5-8-10;;;;/h2-5,7-9H,6H2,1H3,(H,13,14);3*1H3;. The maximum atomic E-state index is 11.7. The maximum absolute atomic E-state index is 11.7. The molecule has 1 atom stereocenters. The van der Waals surface area contributed by atoms with E-state index in [9.17, 15) is 4.79 Å². The molecule has 0 aliphatic heterocycles. The van der Waals surface area contributed by atoms with Crippen LogP contribution in [0.3, 0.4) is 0 Å². The second-order valence-electron chi connectivity index (χ2n) is 5.68. The van der Waals surface area contributed by atoms with Gasteiger partial charge in [-0.15, -0.1) is 0 Å². The summed E-state index contributed by atoms with van der Waals surface area (Å²) in [6, 6.07) is 9.74. The molecule has 3 nitrogen and oxygen atoms in total. The van der Waals surface area contributed by atoms with Crippen LogP contribution in [0, 0.1) is 0 Å². The molecule has 0 bridgehead atoms. The van der Waals surface area contributed by atoms with Crippen LogP contribution in [0.5, 0.6) is 0 Å². The second kappa shape index (κ2) is 6.92. The van der Waals surface area contributed by atoms with Gasteiger partial charge in [-0.25, -0.2) is 0 Å². The van der Waals surface area contributed by atoms with Crippen LogP contribution in [0.2, 0.25) is 18.8 Å². The SMILES string of the molecule is C[CH](CC(=O)NN=Cc1ccccc1)[Sn]([CH3])([CH3])[CH3]. The topological polar surface area (TPSA) is 41.5 Å². The van der Waals surface area contributed by atoms with Gasteiger partial charge in [-0.1, -0.05) is 0 Å². The number of hydrogen-bond donors (Lipinski definition) is 1. The van der Waals surface area contributed by atoms with Gasteiger partial charge >= 0.3 is 114 Å². The van der Waals surface area contributed by atoms with Crippen LogP contribution in [0.25, 0.3) is 0 Å². The first-order chi connectivity index (χ1) is 8.39. The molecule has 0 radical (unpaired) electrons. The van der Waals surface area contributed by atoms with E-state index in [-0.39, 0.29) is 5.91 Å². The molecule has 0 spiro atoms. The molecule has 0 aliphatic rings. The summed E-state index contributed by atoms with van der Waals surface area (Å²) in [6.07, 6.45) is 2.26. The van der Waals surface area contributed by atoms with Crippen molar-refractivity contribution in [1.29, 1.82) is 0 Å². The van der Waals surface area contributed by atoms with Gasteiger partial charge in [-0.2, -0.15) is 0 Å². The first-order valence-corrected chi connectivity index (χ1v) is 16.5. The van der Waals surface area contributed by atoms with E-state index >= 15 is 0 Å². The van der Waals surface area contributed by atoms with E-state index in [1.807, 2.05) is 30.3 Å². The normalized spacial score (nSPS) is 13.6. The number of nitrogens with one attached hydrogen (secondary N) is 1. The zero-order chi connectivity index (χ0) is 13.6.